The van der Waals surface area contributed by atoms with E-state index in [2.05, 4.69) is 28.6 Å². The van der Waals surface area contributed by atoms with Crippen LogP contribution in [-0.4, -0.2) is 30.2 Å². The van der Waals surface area contributed by atoms with Crippen LogP contribution >= 0.6 is 0 Å². The third-order valence-electron chi connectivity index (χ3n) is 2.24. The molecule has 0 radical (unpaired) electrons. The first kappa shape index (κ1) is 6.88. The number of fused-ring (bicyclic) bond motifs is 1. The molecule has 1 fully saturated rings. The molecular weight excluding hydrogens is 138 g/mol. The lowest BCUT2D eigenvalue weighted by Gasteiger charge is -2.26. The summed E-state index contributed by atoms with van der Waals surface area (Å²) >= 11 is 0. The molecule has 2 rings (SSSR count). The summed E-state index contributed by atoms with van der Waals surface area (Å²) in [5.74, 6) is 0. The maximum absolute atomic E-state index is 5.60. The van der Waals surface area contributed by atoms with Crippen molar-refractivity contribution >= 4 is 0 Å². The van der Waals surface area contributed by atoms with E-state index in [1.165, 1.54) is 0 Å². The van der Waals surface area contributed by atoms with Gasteiger partial charge >= 0.3 is 0 Å². The molecule has 2 heterocycles. The van der Waals surface area contributed by atoms with E-state index in [4.69, 9.17) is 5.73 Å². The summed E-state index contributed by atoms with van der Waals surface area (Å²) in [6.45, 7) is 1.72. The Labute approximate surface area is 66.6 Å². The lowest BCUT2D eigenvalue weighted by molar-refractivity contribution is 0.309. The summed E-state index contributed by atoms with van der Waals surface area (Å²) < 4.78 is 0. The largest absolute Gasteiger partial charge is 0.353 e. The van der Waals surface area contributed by atoms with Gasteiger partial charge in [-0.25, -0.2) is 0 Å². The van der Waals surface area contributed by atoms with Crippen molar-refractivity contribution in [2.45, 2.75) is 12.2 Å². The highest BCUT2D eigenvalue weighted by atomic mass is 15.3. The van der Waals surface area contributed by atoms with Crippen molar-refractivity contribution in [3.63, 3.8) is 0 Å². The summed E-state index contributed by atoms with van der Waals surface area (Å²) in [5, 5.41) is 3.37. The SMILES string of the molecule is NC[C@H]1CN[C@@H]2C=CC=CN12. The van der Waals surface area contributed by atoms with Crippen LogP contribution in [0.4, 0.5) is 0 Å². The van der Waals surface area contributed by atoms with Crippen molar-refractivity contribution < 1.29 is 0 Å². The Morgan fingerprint density at radius 3 is 3.27 bits per heavy atom. The third-order valence-corrected chi connectivity index (χ3v) is 2.24. The van der Waals surface area contributed by atoms with Gasteiger partial charge in [-0.2, -0.15) is 0 Å². The molecule has 2 atom stereocenters. The molecule has 0 aromatic rings. The van der Waals surface area contributed by atoms with E-state index in [1.807, 2.05) is 6.08 Å². The second-order valence-corrected chi connectivity index (χ2v) is 2.92. The highest BCUT2D eigenvalue weighted by molar-refractivity contribution is 5.16. The molecule has 0 aliphatic carbocycles. The minimum Gasteiger partial charge on any atom is -0.353 e. The van der Waals surface area contributed by atoms with Gasteiger partial charge < -0.3 is 10.6 Å². The van der Waals surface area contributed by atoms with Crippen molar-refractivity contribution in [2.75, 3.05) is 13.1 Å². The van der Waals surface area contributed by atoms with E-state index in [0.717, 1.165) is 13.1 Å². The number of hydrogen-bond acceptors (Lipinski definition) is 3. The Balaban J connectivity index is 2.13. The molecule has 11 heavy (non-hydrogen) atoms. The molecule has 1 saturated heterocycles. The Bertz CT molecular complexity index is 198. The number of rotatable bonds is 1. The van der Waals surface area contributed by atoms with Gasteiger partial charge in [0.25, 0.3) is 0 Å². The molecule has 60 valence electrons. The van der Waals surface area contributed by atoms with Gasteiger partial charge in [0.15, 0.2) is 0 Å². The highest BCUT2D eigenvalue weighted by Crippen LogP contribution is 2.15. The maximum Gasteiger partial charge on any atom is 0.0989 e. The molecule has 3 nitrogen and oxygen atoms in total. The monoisotopic (exact) mass is 151 g/mol. The summed E-state index contributed by atoms with van der Waals surface area (Å²) in [5.41, 5.74) is 5.60. The molecule has 0 unspecified atom stereocenters. The van der Waals surface area contributed by atoms with E-state index in [1.54, 1.807) is 0 Å². The van der Waals surface area contributed by atoms with Crippen molar-refractivity contribution in [3.05, 3.63) is 24.4 Å². The highest BCUT2D eigenvalue weighted by Gasteiger charge is 2.28. The fraction of sp³-hybridized carbons (Fsp3) is 0.500. The minimum atomic E-state index is 0.383. The van der Waals surface area contributed by atoms with Crippen LogP contribution in [0.25, 0.3) is 0 Å². The van der Waals surface area contributed by atoms with Gasteiger partial charge in [0.05, 0.1) is 12.2 Å². The number of hydrogen-bond donors (Lipinski definition) is 2. The van der Waals surface area contributed by atoms with Gasteiger partial charge in [0.2, 0.25) is 0 Å². The van der Waals surface area contributed by atoms with Gasteiger partial charge in [-0.1, -0.05) is 6.08 Å². The second-order valence-electron chi connectivity index (χ2n) is 2.92. The normalized spacial score (nSPS) is 34.5. The van der Waals surface area contributed by atoms with Crippen LogP contribution in [0.1, 0.15) is 0 Å². The van der Waals surface area contributed by atoms with Crippen LogP contribution < -0.4 is 11.1 Å². The van der Waals surface area contributed by atoms with E-state index in [0.29, 0.717) is 12.2 Å². The topological polar surface area (TPSA) is 41.3 Å². The Hall–Kier alpha value is -0.800. The standard InChI is InChI=1S/C8H13N3/c9-5-7-6-10-8-3-1-2-4-11(7)8/h1-4,7-8,10H,5-6,9H2/t7-,8-/m0/s1. The predicted octanol–water partition coefficient (Wildman–Crippen LogP) is -0.371. The molecular formula is C8H13N3. The molecule has 2 aliphatic heterocycles. The first-order chi connectivity index (χ1) is 5.42. The zero-order chi connectivity index (χ0) is 7.68. The van der Waals surface area contributed by atoms with Crippen LogP contribution in [0, 0.1) is 0 Å². The Morgan fingerprint density at radius 2 is 2.45 bits per heavy atom. The molecule has 0 amide bonds. The lowest BCUT2D eigenvalue weighted by Crippen LogP contribution is -2.38. The fourth-order valence-electron chi connectivity index (χ4n) is 1.60. The number of nitrogens with one attached hydrogen (secondary N) is 1. The molecule has 0 aromatic carbocycles. The van der Waals surface area contributed by atoms with E-state index in [9.17, 15) is 0 Å². The zero-order valence-electron chi connectivity index (χ0n) is 6.40. The van der Waals surface area contributed by atoms with Gasteiger partial charge in [-0.15, -0.1) is 0 Å². The Morgan fingerprint density at radius 1 is 1.55 bits per heavy atom. The minimum absolute atomic E-state index is 0.383. The van der Waals surface area contributed by atoms with Crippen LogP contribution in [0.5, 0.6) is 0 Å². The predicted molar refractivity (Wildman–Crippen MR) is 44.8 cm³/mol. The second kappa shape index (κ2) is 2.68. The van der Waals surface area contributed by atoms with Crippen LogP contribution in [0.2, 0.25) is 0 Å². The van der Waals surface area contributed by atoms with Crippen LogP contribution in [0.15, 0.2) is 24.4 Å². The summed E-state index contributed by atoms with van der Waals surface area (Å²) in [6.07, 6.45) is 8.74. The van der Waals surface area contributed by atoms with E-state index >= 15 is 0 Å². The van der Waals surface area contributed by atoms with E-state index < -0.39 is 0 Å². The molecule has 3 heteroatoms. The Kier molecular flexibility index (Phi) is 1.68. The summed E-state index contributed by atoms with van der Waals surface area (Å²) in [7, 11) is 0. The fourth-order valence-corrected chi connectivity index (χ4v) is 1.60. The summed E-state index contributed by atoms with van der Waals surface area (Å²) in [6, 6.07) is 0.473. The molecule has 0 spiro atoms. The lowest BCUT2D eigenvalue weighted by atomic mass is 10.2. The number of allylic oxidation sites excluding steroid dienone is 2. The molecule has 0 aromatic heterocycles. The van der Waals surface area contributed by atoms with Gasteiger partial charge in [-0.05, 0) is 12.2 Å². The smallest absolute Gasteiger partial charge is 0.0989 e. The quantitative estimate of drug-likeness (QED) is 0.537. The third kappa shape index (κ3) is 1.06. The van der Waals surface area contributed by atoms with Crippen molar-refractivity contribution in [2.24, 2.45) is 5.73 Å². The average molecular weight is 151 g/mol. The maximum atomic E-state index is 5.60. The first-order valence-corrected chi connectivity index (χ1v) is 3.97. The van der Waals surface area contributed by atoms with Gasteiger partial charge in [-0.3, -0.25) is 5.32 Å². The van der Waals surface area contributed by atoms with Gasteiger partial charge in [0.1, 0.15) is 0 Å². The molecule has 3 N–H and O–H groups in total. The van der Waals surface area contributed by atoms with Crippen molar-refractivity contribution in [3.8, 4) is 0 Å². The zero-order valence-corrected chi connectivity index (χ0v) is 6.40. The van der Waals surface area contributed by atoms with Crippen molar-refractivity contribution in [1.82, 2.24) is 10.2 Å². The first-order valence-electron chi connectivity index (χ1n) is 3.97. The number of nitrogens with zero attached hydrogens (tertiary/aromatic N) is 1. The molecule has 0 bridgehead atoms. The molecule has 2 aliphatic rings. The van der Waals surface area contributed by atoms with Crippen LogP contribution in [0.3, 0.4) is 0 Å². The number of nitrogens with two attached hydrogens (primary N) is 1. The summed E-state index contributed by atoms with van der Waals surface area (Å²) in [4.78, 5) is 2.26. The van der Waals surface area contributed by atoms with Crippen LogP contribution in [-0.2, 0) is 0 Å². The van der Waals surface area contributed by atoms with Crippen molar-refractivity contribution in [1.29, 1.82) is 0 Å². The van der Waals surface area contributed by atoms with Gasteiger partial charge in [0, 0.05) is 19.3 Å². The molecule has 0 saturated carbocycles. The van der Waals surface area contributed by atoms with E-state index in [-0.39, 0.29) is 0 Å². The average Bonchev–Trinajstić information content (AvgIpc) is 2.47.